The fourth-order valence-electron chi connectivity index (χ4n) is 3.78. The van der Waals surface area contributed by atoms with E-state index in [9.17, 15) is 13.2 Å². The number of nitrogens with zero attached hydrogens (tertiary/aromatic N) is 2. The summed E-state index contributed by atoms with van der Waals surface area (Å²) in [6, 6.07) is 10.3. The molecule has 0 bridgehead atoms. The molecule has 2 saturated heterocycles. The average molecular weight is 520 g/mol. The van der Waals surface area contributed by atoms with E-state index in [2.05, 4.69) is 44.8 Å². The molecular weight excluding hydrogens is 491 g/mol. The first-order valence-corrected chi connectivity index (χ1v) is 11.3. The number of rotatable bonds is 5. The molecule has 0 aromatic heterocycles. The second kappa shape index (κ2) is 10.4. The first-order chi connectivity index (χ1) is 13.0. The zero-order chi connectivity index (χ0) is 19.3. The molecule has 2 aliphatic rings. The van der Waals surface area contributed by atoms with Gasteiger partial charge in [-0.1, -0.05) is 30.3 Å². The van der Waals surface area contributed by atoms with E-state index in [1.54, 1.807) is 7.05 Å². The van der Waals surface area contributed by atoms with E-state index in [1.807, 2.05) is 6.07 Å². The van der Waals surface area contributed by atoms with Crippen LogP contribution in [-0.4, -0.2) is 69.4 Å². The Morgan fingerprint density at radius 3 is 2.64 bits per heavy atom. The summed E-state index contributed by atoms with van der Waals surface area (Å²) in [5.74, 6) is 1.41. The van der Waals surface area contributed by atoms with Crippen LogP contribution in [0.4, 0.5) is 0 Å². The smallest absolute Gasteiger partial charge is 0.222 e. The normalized spacial score (nSPS) is 23.9. The quantitative estimate of drug-likeness (QED) is 0.348. The van der Waals surface area contributed by atoms with Gasteiger partial charge in [-0.25, -0.2) is 8.42 Å². The number of guanidine groups is 1. The van der Waals surface area contributed by atoms with Gasteiger partial charge in [0.2, 0.25) is 5.91 Å². The van der Waals surface area contributed by atoms with Gasteiger partial charge in [-0.15, -0.1) is 24.0 Å². The molecule has 1 amide bonds. The molecule has 7 nitrogen and oxygen atoms in total. The van der Waals surface area contributed by atoms with Crippen molar-refractivity contribution < 1.29 is 13.2 Å². The summed E-state index contributed by atoms with van der Waals surface area (Å²) in [6.07, 6.45) is 1.89. The Labute approximate surface area is 184 Å². The van der Waals surface area contributed by atoms with Crippen LogP contribution in [0.2, 0.25) is 0 Å². The Hall–Kier alpha value is -1.36. The monoisotopic (exact) mass is 520 g/mol. The second-order valence-corrected chi connectivity index (χ2v) is 9.46. The number of sulfone groups is 1. The van der Waals surface area contributed by atoms with Gasteiger partial charge in [0.1, 0.15) is 0 Å². The lowest BCUT2D eigenvalue weighted by Crippen LogP contribution is -2.42. The van der Waals surface area contributed by atoms with Crippen molar-refractivity contribution in [2.45, 2.75) is 31.2 Å². The van der Waals surface area contributed by atoms with E-state index in [4.69, 9.17) is 0 Å². The van der Waals surface area contributed by atoms with E-state index in [0.717, 1.165) is 25.5 Å². The lowest BCUT2D eigenvalue weighted by atomic mass is 9.99. The van der Waals surface area contributed by atoms with Gasteiger partial charge in [0.25, 0.3) is 0 Å². The van der Waals surface area contributed by atoms with E-state index >= 15 is 0 Å². The summed E-state index contributed by atoms with van der Waals surface area (Å²) in [4.78, 5) is 18.6. The first-order valence-electron chi connectivity index (χ1n) is 9.47. The zero-order valence-electron chi connectivity index (χ0n) is 16.1. The van der Waals surface area contributed by atoms with Crippen molar-refractivity contribution in [1.82, 2.24) is 15.5 Å². The van der Waals surface area contributed by atoms with Crippen LogP contribution in [-0.2, 0) is 14.6 Å². The molecule has 0 saturated carbocycles. The maximum absolute atomic E-state index is 12.0. The number of halogens is 1. The summed E-state index contributed by atoms with van der Waals surface area (Å²) in [7, 11) is -1.22. The highest BCUT2D eigenvalue weighted by Gasteiger charge is 2.29. The Kier molecular flexibility index (Phi) is 8.54. The number of benzene rings is 1. The van der Waals surface area contributed by atoms with Gasteiger partial charge in [-0.3, -0.25) is 9.79 Å². The summed E-state index contributed by atoms with van der Waals surface area (Å²) < 4.78 is 22.9. The summed E-state index contributed by atoms with van der Waals surface area (Å²) in [5.41, 5.74) is 1.35. The largest absolute Gasteiger partial charge is 0.356 e. The zero-order valence-corrected chi connectivity index (χ0v) is 19.3. The molecule has 0 radical (unpaired) electrons. The number of carbonyl (C=O) groups excluding carboxylic acids is 1. The molecule has 0 spiro atoms. The van der Waals surface area contributed by atoms with Crippen LogP contribution in [0.25, 0.3) is 0 Å². The molecule has 2 N–H and O–H groups in total. The molecule has 1 aromatic carbocycles. The number of hydrogen-bond donors (Lipinski definition) is 2. The predicted octanol–water partition coefficient (Wildman–Crippen LogP) is 1.36. The molecule has 2 aliphatic heterocycles. The molecule has 28 heavy (non-hydrogen) atoms. The molecule has 2 heterocycles. The van der Waals surface area contributed by atoms with Gasteiger partial charge in [-0.05, 0) is 18.4 Å². The van der Waals surface area contributed by atoms with Crippen molar-refractivity contribution in [2.24, 2.45) is 4.99 Å². The summed E-state index contributed by atoms with van der Waals surface area (Å²) in [6.45, 7) is 2.33. The molecule has 2 fully saturated rings. The Balaban J connectivity index is 0.00000280. The van der Waals surface area contributed by atoms with Gasteiger partial charge in [0, 0.05) is 45.1 Å². The molecular formula is C19H29IN4O3S. The van der Waals surface area contributed by atoms with Crippen molar-refractivity contribution >= 4 is 45.7 Å². The average Bonchev–Trinajstić information content (AvgIpc) is 3.26. The second-order valence-electron chi connectivity index (χ2n) is 7.23. The van der Waals surface area contributed by atoms with E-state index in [1.165, 1.54) is 5.56 Å². The maximum Gasteiger partial charge on any atom is 0.222 e. The van der Waals surface area contributed by atoms with E-state index in [0.29, 0.717) is 25.3 Å². The third-order valence-electron chi connectivity index (χ3n) is 5.20. The van der Waals surface area contributed by atoms with Gasteiger partial charge in [-0.2, -0.15) is 0 Å². The molecule has 3 rings (SSSR count). The molecule has 0 aliphatic carbocycles. The van der Waals surface area contributed by atoms with Crippen LogP contribution in [0.3, 0.4) is 0 Å². The number of aliphatic imine (C=N–C) groups is 1. The number of nitrogens with one attached hydrogen (secondary N) is 2. The van der Waals surface area contributed by atoms with Crippen molar-refractivity contribution in [1.29, 1.82) is 0 Å². The maximum atomic E-state index is 12.0. The fourth-order valence-corrected chi connectivity index (χ4v) is 5.45. The minimum Gasteiger partial charge on any atom is -0.356 e. The van der Waals surface area contributed by atoms with Gasteiger partial charge < -0.3 is 15.5 Å². The van der Waals surface area contributed by atoms with Crippen LogP contribution in [0, 0.1) is 0 Å². The van der Waals surface area contributed by atoms with Gasteiger partial charge >= 0.3 is 0 Å². The molecule has 9 heteroatoms. The third kappa shape index (κ3) is 6.33. The molecule has 1 aromatic rings. The van der Waals surface area contributed by atoms with Crippen LogP contribution in [0.15, 0.2) is 35.3 Å². The van der Waals surface area contributed by atoms with Crippen molar-refractivity contribution in [3.63, 3.8) is 0 Å². The Morgan fingerprint density at radius 1 is 1.25 bits per heavy atom. The predicted molar refractivity (Wildman–Crippen MR) is 122 cm³/mol. The van der Waals surface area contributed by atoms with Gasteiger partial charge in [0.05, 0.1) is 11.5 Å². The number of likely N-dealkylation sites (tertiary alicyclic amines) is 1. The number of hydrogen-bond acceptors (Lipinski definition) is 4. The van der Waals surface area contributed by atoms with Crippen LogP contribution in [0.1, 0.15) is 30.7 Å². The SMILES string of the molecule is CN=C(NCCC(=O)NC1CCS(=O)(=O)C1)N1CCC(c2ccccc2)C1.I. The summed E-state index contributed by atoms with van der Waals surface area (Å²) >= 11 is 0. The topological polar surface area (TPSA) is 90.9 Å². The summed E-state index contributed by atoms with van der Waals surface area (Å²) in [5, 5.41) is 6.07. The lowest BCUT2D eigenvalue weighted by molar-refractivity contribution is -0.121. The first kappa shape index (κ1) is 22.9. The van der Waals surface area contributed by atoms with Crippen LogP contribution in [0.5, 0.6) is 0 Å². The number of amides is 1. The van der Waals surface area contributed by atoms with E-state index < -0.39 is 9.84 Å². The fraction of sp³-hybridized carbons (Fsp3) is 0.579. The van der Waals surface area contributed by atoms with Crippen LogP contribution < -0.4 is 10.6 Å². The van der Waals surface area contributed by atoms with E-state index in [-0.39, 0.29) is 47.4 Å². The lowest BCUT2D eigenvalue weighted by Gasteiger charge is -2.22. The highest BCUT2D eigenvalue weighted by Crippen LogP contribution is 2.26. The standard InChI is InChI=1S/C19H28N4O3S.HI/c1-20-19(23-11-8-16(13-23)15-5-3-2-4-6-15)21-10-7-18(24)22-17-9-12-27(25,26)14-17;/h2-6,16-17H,7-14H2,1H3,(H,20,21)(H,22,24);1H. The van der Waals surface area contributed by atoms with Gasteiger partial charge in [0.15, 0.2) is 15.8 Å². The number of carbonyl (C=O) groups is 1. The third-order valence-corrected chi connectivity index (χ3v) is 6.97. The molecule has 2 unspecified atom stereocenters. The Morgan fingerprint density at radius 2 is 2.00 bits per heavy atom. The van der Waals surface area contributed by atoms with Crippen molar-refractivity contribution in [3.8, 4) is 0 Å². The van der Waals surface area contributed by atoms with Crippen LogP contribution >= 0.6 is 24.0 Å². The highest BCUT2D eigenvalue weighted by molar-refractivity contribution is 14.0. The minimum absolute atomic E-state index is 0. The highest BCUT2D eigenvalue weighted by atomic mass is 127. The molecule has 156 valence electrons. The van der Waals surface area contributed by atoms with Crippen molar-refractivity contribution in [2.75, 3.05) is 38.2 Å². The van der Waals surface area contributed by atoms with Crippen molar-refractivity contribution in [3.05, 3.63) is 35.9 Å². The minimum atomic E-state index is -2.97. The Bertz CT molecular complexity index is 786. The molecule has 2 atom stereocenters.